The first-order chi connectivity index (χ1) is 17.2. The van der Waals surface area contributed by atoms with Crippen molar-refractivity contribution in [2.24, 2.45) is 5.41 Å². The Morgan fingerprint density at radius 3 is 2.91 bits per heavy atom. The number of ether oxygens (including phenoxy) is 2. The number of amides is 1. The lowest BCUT2D eigenvalue weighted by atomic mass is 9.81. The van der Waals surface area contributed by atoms with E-state index in [-0.39, 0.29) is 49.1 Å². The molecule has 1 aliphatic carbocycles. The van der Waals surface area contributed by atoms with Gasteiger partial charge in [-0.1, -0.05) is 6.92 Å². The molecule has 1 aromatic heterocycles. The van der Waals surface area contributed by atoms with E-state index in [9.17, 15) is 18.0 Å². The summed E-state index contributed by atoms with van der Waals surface area (Å²) in [7, 11) is -0.102. The lowest BCUT2D eigenvalue weighted by molar-refractivity contribution is -0.143. The molecular weight excluding hydrogens is 463 g/mol. The van der Waals surface area contributed by atoms with Crippen molar-refractivity contribution in [2.75, 3.05) is 38.3 Å². The zero-order valence-corrected chi connectivity index (χ0v) is 20.0. The molecule has 0 spiro atoms. The fourth-order valence-electron chi connectivity index (χ4n) is 6.44. The summed E-state index contributed by atoms with van der Waals surface area (Å²) in [6.45, 7) is 4.18. The van der Waals surface area contributed by atoms with E-state index < -0.39 is 17.3 Å². The van der Waals surface area contributed by atoms with Crippen LogP contribution in [0.25, 0.3) is 0 Å². The van der Waals surface area contributed by atoms with E-state index in [0.717, 1.165) is 44.7 Å². The van der Waals surface area contributed by atoms with E-state index in [0.29, 0.717) is 26.3 Å². The molecule has 8 nitrogen and oxygen atoms in total. The number of halogens is 3. The number of anilines is 1. The van der Waals surface area contributed by atoms with Crippen LogP contribution in [0.2, 0.25) is 0 Å². The van der Waals surface area contributed by atoms with Gasteiger partial charge >= 0.3 is 6.18 Å². The highest BCUT2D eigenvalue weighted by molar-refractivity contribution is 5.84. The van der Waals surface area contributed by atoms with Crippen LogP contribution in [-0.2, 0) is 20.4 Å². The van der Waals surface area contributed by atoms with E-state index in [1.54, 1.807) is 0 Å². The standard InChI is InChI=1S/C24H34F3N5O3/c1-3-23(6-4-15(9-23)29-18-5-7-35-14-19(18)34-2)22(33)32-13-16-8-17(32)12-31(16)21-11-28-10-20(30-21)24(25,26)27/h10-11,15-19,29H,3-9,12-14H2,1-2H3/t15-,16+,17+,18+,19-,23+/m1/s1/i2D. The van der Waals surface area contributed by atoms with Crippen molar-refractivity contribution in [3.63, 3.8) is 0 Å². The van der Waals surface area contributed by atoms with Gasteiger partial charge in [0.1, 0.15) is 5.82 Å². The number of piperazine rings is 1. The van der Waals surface area contributed by atoms with Crippen LogP contribution in [-0.4, -0.2) is 84.4 Å². The lowest BCUT2D eigenvalue weighted by Crippen LogP contribution is -2.54. The van der Waals surface area contributed by atoms with Crippen LogP contribution < -0.4 is 10.2 Å². The van der Waals surface area contributed by atoms with Crippen molar-refractivity contribution >= 4 is 11.7 Å². The number of nitrogens with one attached hydrogen (secondary N) is 1. The second-order valence-corrected chi connectivity index (χ2v) is 10.3. The van der Waals surface area contributed by atoms with Gasteiger partial charge < -0.3 is 24.6 Å². The normalized spacial score (nSPS) is 35.5. The SMILES string of the molecule is [2H]CO[C@@H]1COCC[C@@H]1N[C@@H]1CC[C@](CC)(C(=O)N2C[C@@H]3C[C@H]2CN3c2cncc(C(F)(F)F)n2)C1. The van der Waals surface area contributed by atoms with Gasteiger partial charge in [0.15, 0.2) is 5.69 Å². The Morgan fingerprint density at radius 2 is 2.20 bits per heavy atom. The number of hydrogen-bond donors (Lipinski definition) is 1. The number of carbonyl (C=O) groups excluding carboxylic acids is 1. The topological polar surface area (TPSA) is 79.8 Å². The molecule has 0 unspecified atom stereocenters. The van der Waals surface area contributed by atoms with Crippen molar-refractivity contribution in [3.8, 4) is 0 Å². The highest BCUT2D eigenvalue weighted by Gasteiger charge is 2.53. The third-order valence-electron chi connectivity index (χ3n) is 8.41. The minimum absolute atomic E-state index is 0.0281. The smallest absolute Gasteiger partial charge is 0.379 e. The summed E-state index contributed by atoms with van der Waals surface area (Å²) >= 11 is 0. The van der Waals surface area contributed by atoms with Gasteiger partial charge in [0.2, 0.25) is 5.91 Å². The molecule has 35 heavy (non-hydrogen) atoms. The molecule has 194 valence electrons. The molecule has 0 radical (unpaired) electrons. The predicted molar refractivity (Wildman–Crippen MR) is 122 cm³/mol. The molecule has 4 heterocycles. The summed E-state index contributed by atoms with van der Waals surface area (Å²) in [6, 6.07) is 0.234. The number of carbonyl (C=O) groups is 1. The number of hydrogen-bond acceptors (Lipinski definition) is 7. The second-order valence-electron chi connectivity index (χ2n) is 10.3. The van der Waals surface area contributed by atoms with Gasteiger partial charge in [-0.25, -0.2) is 4.98 Å². The molecule has 3 aliphatic heterocycles. The van der Waals surface area contributed by atoms with Gasteiger partial charge in [0.25, 0.3) is 0 Å². The Balaban J connectivity index is 1.22. The molecular formula is C24H34F3N5O3. The Bertz CT molecular complexity index is 954. The van der Waals surface area contributed by atoms with Crippen LogP contribution in [0, 0.1) is 5.41 Å². The molecule has 3 saturated heterocycles. The molecule has 1 amide bonds. The average molecular weight is 499 g/mol. The highest BCUT2D eigenvalue weighted by atomic mass is 19.4. The number of likely N-dealkylation sites (tertiary alicyclic amines) is 1. The first-order valence-corrected chi connectivity index (χ1v) is 12.5. The summed E-state index contributed by atoms with van der Waals surface area (Å²) in [5.74, 6) is 0.392. The van der Waals surface area contributed by atoms with Crippen LogP contribution in [0.5, 0.6) is 0 Å². The molecule has 11 heteroatoms. The van der Waals surface area contributed by atoms with Crippen LogP contribution in [0.4, 0.5) is 19.0 Å². The summed E-state index contributed by atoms with van der Waals surface area (Å²) in [4.78, 5) is 25.2. The summed E-state index contributed by atoms with van der Waals surface area (Å²) in [6.07, 6.45) is 2.19. The van der Waals surface area contributed by atoms with Crippen molar-refractivity contribution in [1.82, 2.24) is 20.2 Å². The largest absolute Gasteiger partial charge is 0.434 e. The van der Waals surface area contributed by atoms with Gasteiger partial charge in [0, 0.05) is 38.9 Å². The van der Waals surface area contributed by atoms with Crippen LogP contribution in [0.1, 0.15) is 52.5 Å². The fourth-order valence-corrected chi connectivity index (χ4v) is 6.44. The first kappa shape index (κ1) is 23.4. The van der Waals surface area contributed by atoms with E-state index in [2.05, 4.69) is 22.2 Å². The summed E-state index contributed by atoms with van der Waals surface area (Å²) in [5, 5.41) is 3.69. The third kappa shape index (κ3) is 4.62. The zero-order valence-electron chi connectivity index (χ0n) is 21.0. The van der Waals surface area contributed by atoms with Crippen LogP contribution >= 0.6 is 0 Å². The monoisotopic (exact) mass is 498 g/mol. The average Bonchev–Trinajstić information content (AvgIpc) is 3.59. The molecule has 6 atom stereocenters. The van der Waals surface area contributed by atoms with Crippen LogP contribution in [0.15, 0.2) is 12.4 Å². The molecule has 1 aromatic rings. The Labute approximate surface area is 205 Å². The van der Waals surface area contributed by atoms with E-state index >= 15 is 0 Å². The maximum absolute atomic E-state index is 13.9. The molecule has 1 N–H and O–H groups in total. The van der Waals surface area contributed by atoms with Gasteiger partial charge in [0.05, 0.1) is 44.0 Å². The van der Waals surface area contributed by atoms with E-state index in [1.807, 2.05) is 9.80 Å². The minimum atomic E-state index is -4.54. The summed E-state index contributed by atoms with van der Waals surface area (Å²) in [5.41, 5.74) is -1.43. The third-order valence-corrected chi connectivity index (χ3v) is 8.41. The number of alkyl halides is 3. The van der Waals surface area contributed by atoms with E-state index in [4.69, 9.17) is 10.8 Å². The number of nitrogens with zero attached hydrogens (tertiary/aromatic N) is 4. The molecule has 0 aromatic carbocycles. The Hall–Kier alpha value is -1.98. The zero-order chi connectivity index (χ0) is 25.5. The molecule has 1 saturated carbocycles. The lowest BCUT2D eigenvalue weighted by Gasteiger charge is -2.40. The van der Waals surface area contributed by atoms with Gasteiger partial charge in [-0.05, 0) is 38.5 Å². The van der Waals surface area contributed by atoms with Crippen molar-refractivity contribution in [3.05, 3.63) is 18.1 Å². The number of methoxy groups -OCH3 is 1. The van der Waals surface area contributed by atoms with E-state index in [1.165, 1.54) is 6.20 Å². The number of rotatable bonds is 6. The maximum atomic E-state index is 13.9. The minimum Gasteiger partial charge on any atom is -0.379 e. The molecule has 2 bridgehead atoms. The summed E-state index contributed by atoms with van der Waals surface area (Å²) < 4.78 is 57.8. The van der Waals surface area contributed by atoms with Crippen LogP contribution in [0.3, 0.4) is 0 Å². The predicted octanol–water partition coefficient (Wildman–Crippen LogP) is 2.63. The fraction of sp³-hybridized carbons (Fsp3) is 0.792. The maximum Gasteiger partial charge on any atom is 0.434 e. The second kappa shape index (κ2) is 9.48. The number of fused-ring (bicyclic) bond motifs is 2. The highest BCUT2D eigenvalue weighted by Crippen LogP contribution is 2.46. The molecule has 4 aliphatic rings. The van der Waals surface area contributed by atoms with Crippen molar-refractivity contribution < 1.29 is 28.8 Å². The van der Waals surface area contributed by atoms with Gasteiger partial charge in [-0.15, -0.1) is 0 Å². The Morgan fingerprint density at radius 1 is 1.34 bits per heavy atom. The van der Waals surface area contributed by atoms with Crippen molar-refractivity contribution in [1.29, 1.82) is 0 Å². The number of aromatic nitrogens is 2. The molecule has 4 fully saturated rings. The van der Waals surface area contributed by atoms with Gasteiger partial charge in [-0.3, -0.25) is 9.78 Å². The first-order valence-electron chi connectivity index (χ1n) is 13.2. The quantitative estimate of drug-likeness (QED) is 0.646. The van der Waals surface area contributed by atoms with Gasteiger partial charge in [-0.2, -0.15) is 13.2 Å². The van der Waals surface area contributed by atoms with Crippen molar-refractivity contribution in [2.45, 2.75) is 81.9 Å². The molecule has 5 rings (SSSR count). The Kier molecular flexibility index (Phi) is 6.34.